The van der Waals surface area contributed by atoms with Gasteiger partial charge in [-0.2, -0.15) is 0 Å². The maximum Gasteiger partial charge on any atom is 0.326 e. The van der Waals surface area contributed by atoms with Gasteiger partial charge in [-0.15, -0.1) is 0 Å². The average Bonchev–Trinajstić information content (AvgIpc) is 3.23. The number of H-pyrrole nitrogens is 1. The summed E-state index contributed by atoms with van der Waals surface area (Å²) in [5.41, 5.74) is 1.38. The molecule has 1 amide bonds. The third-order valence-electron chi connectivity index (χ3n) is 4.86. The van der Waals surface area contributed by atoms with Crippen LogP contribution in [0.4, 0.5) is 8.78 Å². The van der Waals surface area contributed by atoms with Gasteiger partial charge in [0, 0.05) is 25.3 Å². The first-order valence-corrected chi connectivity index (χ1v) is 8.82. The molecule has 0 aliphatic heterocycles. The van der Waals surface area contributed by atoms with E-state index >= 15 is 0 Å². The lowest BCUT2D eigenvalue weighted by Gasteiger charge is -2.22. The Morgan fingerprint density at radius 2 is 2.12 bits per heavy atom. The largest absolute Gasteiger partial charge is 0.383 e. The molecule has 8 heteroatoms. The van der Waals surface area contributed by atoms with Crippen LogP contribution in [0, 0.1) is 0 Å². The van der Waals surface area contributed by atoms with Gasteiger partial charge in [0.1, 0.15) is 0 Å². The smallest absolute Gasteiger partial charge is 0.326 e. The summed E-state index contributed by atoms with van der Waals surface area (Å²) in [5, 5.41) is 0. The number of ether oxygens (including phenoxy) is 1. The number of hydrogen-bond donors (Lipinski definition) is 1. The Morgan fingerprint density at radius 1 is 1.38 bits per heavy atom. The van der Waals surface area contributed by atoms with E-state index in [9.17, 15) is 18.4 Å². The van der Waals surface area contributed by atoms with Crippen molar-refractivity contribution in [3.05, 3.63) is 34.2 Å². The summed E-state index contributed by atoms with van der Waals surface area (Å²) in [5.74, 6) is -0.501. The molecule has 3 rings (SSSR count). The van der Waals surface area contributed by atoms with Crippen LogP contribution in [0.3, 0.4) is 0 Å². The van der Waals surface area contributed by atoms with Crippen LogP contribution >= 0.6 is 0 Å². The molecular formula is C18H23F2N3O3. The fourth-order valence-electron chi connectivity index (χ4n) is 3.62. The summed E-state index contributed by atoms with van der Waals surface area (Å²) in [6.07, 6.45) is 1.51. The van der Waals surface area contributed by atoms with Crippen LogP contribution in [0.1, 0.15) is 42.1 Å². The van der Waals surface area contributed by atoms with Crippen molar-refractivity contribution in [2.24, 2.45) is 0 Å². The van der Waals surface area contributed by atoms with Crippen LogP contribution in [0.5, 0.6) is 0 Å². The zero-order valence-electron chi connectivity index (χ0n) is 14.7. The van der Waals surface area contributed by atoms with E-state index < -0.39 is 18.9 Å². The summed E-state index contributed by atoms with van der Waals surface area (Å²) in [6.45, 7) is -0.396. The number of hydrogen-bond acceptors (Lipinski definition) is 3. The van der Waals surface area contributed by atoms with Gasteiger partial charge in [-0.05, 0) is 31.0 Å². The molecule has 1 aromatic carbocycles. The molecule has 2 aromatic rings. The highest BCUT2D eigenvalue weighted by molar-refractivity contribution is 5.97. The van der Waals surface area contributed by atoms with Crippen molar-refractivity contribution in [1.82, 2.24) is 14.5 Å². The number of methoxy groups -OCH3 is 1. The second-order valence-electron chi connectivity index (χ2n) is 6.61. The summed E-state index contributed by atoms with van der Waals surface area (Å²) in [7, 11) is 1.45. The molecule has 26 heavy (non-hydrogen) atoms. The fourth-order valence-corrected chi connectivity index (χ4v) is 3.62. The molecule has 1 heterocycles. The molecule has 1 aliphatic rings. The number of amides is 1. The van der Waals surface area contributed by atoms with E-state index in [1.807, 2.05) is 0 Å². The Kier molecular flexibility index (Phi) is 5.70. The molecule has 142 valence electrons. The minimum atomic E-state index is -2.62. The first-order valence-electron chi connectivity index (χ1n) is 8.82. The van der Waals surface area contributed by atoms with Crippen LogP contribution in [0.2, 0.25) is 0 Å². The predicted octanol–water partition coefficient (Wildman–Crippen LogP) is 2.80. The Labute approximate surface area is 149 Å². The molecule has 0 saturated heterocycles. The highest BCUT2D eigenvalue weighted by Gasteiger charge is 2.23. The van der Waals surface area contributed by atoms with Gasteiger partial charge in [0.15, 0.2) is 0 Å². The lowest BCUT2D eigenvalue weighted by Crippen LogP contribution is -2.37. The average molecular weight is 367 g/mol. The maximum absolute atomic E-state index is 12.8. The number of nitrogens with one attached hydrogen (secondary N) is 1. The molecular weight excluding hydrogens is 344 g/mol. The molecule has 1 aliphatic carbocycles. The molecule has 1 saturated carbocycles. The topological polar surface area (TPSA) is 67.3 Å². The number of nitrogens with zero attached hydrogens (tertiary/aromatic N) is 2. The Morgan fingerprint density at radius 3 is 2.77 bits per heavy atom. The molecule has 6 nitrogen and oxygen atoms in total. The SMILES string of the molecule is COCCN(CC(F)F)C(=O)c1ccc2c(c1)[nH]c(=O)n2C1CCCC1. The number of aromatic nitrogens is 2. The van der Waals surface area contributed by atoms with Gasteiger partial charge in [-0.1, -0.05) is 12.8 Å². The van der Waals surface area contributed by atoms with Gasteiger partial charge in [0.25, 0.3) is 12.3 Å². The third kappa shape index (κ3) is 3.80. The van der Waals surface area contributed by atoms with E-state index in [2.05, 4.69) is 4.98 Å². The number of carbonyl (C=O) groups excluding carboxylic acids is 1. The first-order chi connectivity index (χ1) is 12.5. The molecule has 0 bridgehead atoms. The number of rotatable bonds is 7. The van der Waals surface area contributed by atoms with Crippen molar-refractivity contribution in [2.45, 2.75) is 38.2 Å². The second-order valence-corrected chi connectivity index (χ2v) is 6.61. The lowest BCUT2D eigenvalue weighted by molar-refractivity contribution is 0.0478. The first kappa shape index (κ1) is 18.6. The van der Waals surface area contributed by atoms with Gasteiger partial charge >= 0.3 is 5.69 Å². The minimum Gasteiger partial charge on any atom is -0.383 e. The standard InChI is InChI=1S/C18H23F2N3O3/c1-26-9-8-22(11-16(19)20)17(24)12-6-7-15-14(10-12)21-18(25)23(15)13-4-2-3-5-13/h6-7,10,13,16H,2-5,8-9,11H2,1H3,(H,21,25). The highest BCUT2D eigenvalue weighted by Crippen LogP contribution is 2.30. The van der Waals surface area contributed by atoms with Crippen LogP contribution < -0.4 is 5.69 Å². The Balaban J connectivity index is 1.90. The van der Waals surface area contributed by atoms with Gasteiger partial charge in [-0.3, -0.25) is 9.36 Å². The van der Waals surface area contributed by atoms with Crippen molar-refractivity contribution in [3.63, 3.8) is 0 Å². The number of fused-ring (bicyclic) bond motifs is 1. The van der Waals surface area contributed by atoms with Crippen LogP contribution in [0.15, 0.2) is 23.0 Å². The molecule has 0 spiro atoms. The normalized spacial score (nSPS) is 15.2. The molecule has 1 aromatic heterocycles. The second kappa shape index (κ2) is 7.99. The zero-order chi connectivity index (χ0) is 18.7. The number of alkyl halides is 2. The van der Waals surface area contributed by atoms with Crippen molar-refractivity contribution >= 4 is 16.9 Å². The molecule has 0 atom stereocenters. The summed E-state index contributed by atoms with van der Waals surface area (Å²) < 4.78 is 32.2. The molecule has 0 unspecified atom stereocenters. The third-order valence-corrected chi connectivity index (χ3v) is 4.86. The van der Waals surface area contributed by atoms with Crippen molar-refractivity contribution < 1.29 is 18.3 Å². The molecule has 0 radical (unpaired) electrons. The number of aromatic amines is 1. The van der Waals surface area contributed by atoms with Crippen LogP contribution in [0.25, 0.3) is 11.0 Å². The van der Waals surface area contributed by atoms with E-state index in [1.54, 1.807) is 22.8 Å². The number of imidazole rings is 1. The van der Waals surface area contributed by atoms with E-state index in [1.165, 1.54) is 7.11 Å². The van der Waals surface area contributed by atoms with Crippen molar-refractivity contribution in [1.29, 1.82) is 0 Å². The number of benzene rings is 1. The van der Waals surface area contributed by atoms with E-state index in [-0.39, 0.29) is 30.4 Å². The minimum absolute atomic E-state index is 0.0807. The Bertz CT molecular complexity index is 825. The Hall–Kier alpha value is -2.22. The quantitative estimate of drug-likeness (QED) is 0.818. The molecule has 1 N–H and O–H groups in total. The monoisotopic (exact) mass is 367 g/mol. The van der Waals surface area contributed by atoms with Gasteiger partial charge in [0.05, 0.1) is 24.2 Å². The summed E-state index contributed by atoms with van der Waals surface area (Å²) >= 11 is 0. The van der Waals surface area contributed by atoms with Crippen molar-refractivity contribution in [2.75, 3.05) is 26.8 Å². The summed E-state index contributed by atoms with van der Waals surface area (Å²) in [4.78, 5) is 28.8. The van der Waals surface area contributed by atoms with E-state index in [0.29, 0.717) is 5.52 Å². The number of carbonyl (C=O) groups is 1. The summed E-state index contributed by atoms with van der Waals surface area (Å²) in [6, 6.07) is 5.05. The fraction of sp³-hybridized carbons (Fsp3) is 0.556. The van der Waals surface area contributed by atoms with Gasteiger partial charge in [0.2, 0.25) is 0 Å². The predicted molar refractivity (Wildman–Crippen MR) is 93.8 cm³/mol. The van der Waals surface area contributed by atoms with Crippen LogP contribution in [-0.2, 0) is 4.74 Å². The van der Waals surface area contributed by atoms with E-state index in [0.717, 1.165) is 36.1 Å². The maximum atomic E-state index is 12.8. The van der Waals surface area contributed by atoms with Crippen LogP contribution in [-0.4, -0.2) is 53.6 Å². The van der Waals surface area contributed by atoms with Gasteiger partial charge < -0.3 is 14.6 Å². The van der Waals surface area contributed by atoms with Gasteiger partial charge in [-0.25, -0.2) is 13.6 Å². The zero-order valence-corrected chi connectivity index (χ0v) is 14.7. The molecule has 1 fully saturated rings. The van der Waals surface area contributed by atoms with Crippen molar-refractivity contribution in [3.8, 4) is 0 Å². The van der Waals surface area contributed by atoms with E-state index in [4.69, 9.17) is 4.74 Å². The lowest BCUT2D eigenvalue weighted by atomic mass is 10.1. The highest BCUT2D eigenvalue weighted by atomic mass is 19.3. The number of halogens is 2.